The lowest BCUT2D eigenvalue weighted by atomic mass is 10.1. The van der Waals surface area contributed by atoms with E-state index in [-0.39, 0.29) is 23.8 Å². The SMILES string of the molecule is Cc1nc2n(n1)C(=O)C(C(c1ccco1)N1CCN(CCO)CC1)S2. The average Bonchev–Trinajstić information content (AvgIpc) is 3.30. The highest BCUT2D eigenvalue weighted by Crippen LogP contribution is 2.41. The summed E-state index contributed by atoms with van der Waals surface area (Å²) in [4.78, 5) is 21.8. The third kappa shape index (κ3) is 3.12. The highest BCUT2D eigenvalue weighted by atomic mass is 32.2. The number of furan rings is 1. The summed E-state index contributed by atoms with van der Waals surface area (Å²) in [7, 11) is 0. The van der Waals surface area contributed by atoms with Crippen LogP contribution in [0.3, 0.4) is 0 Å². The molecule has 134 valence electrons. The molecule has 2 unspecified atom stereocenters. The molecule has 2 aliphatic heterocycles. The van der Waals surface area contributed by atoms with E-state index in [4.69, 9.17) is 9.52 Å². The Morgan fingerprint density at radius 1 is 1.40 bits per heavy atom. The predicted octanol–water partition coefficient (Wildman–Crippen LogP) is 0.645. The number of aliphatic hydroxyl groups is 1. The van der Waals surface area contributed by atoms with E-state index in [0.717, 1.165) is 31.9 Å². The second-order valence-electron chi connectivity index (χ2n) is 6.29. The molecule has 2 aromatic rings. The number of piperazine rings is 1. The molecule has 0 bridgehead atoms. The van der Waals surface area contributed by atoms with Gasteiger partial charge in [-0.1, -0.05) is 11.8 Å². The molecule has 25 heavy (non-hydrogen) atoms. The van der Waals surface area contributed by atoms with Crippen LogP contribution in [0.25, 0.3) is 0 Å². The number of hydrogen-bond donors (Lipinski definition) is 1. The van der Waals surface area contributed by atoms with E-state index < -0.39 is 0 Å². The lowest BCUT2D eigenvalue weighted by Gasteiger charge is -2.39. The van der Waals surface area contributed by atoms with E-state index in [9.17, 15) is 4.79 Å². The van der Waals surface area contributed by atoms with Gasteiger partial charge < -0.3 is 9.52 Å². The number of thioether (sulfide) groups is 1. The van der Waals surface area contributed by atoms with Gasteiger partial charge in [-0.2, -0.15) is 4.68 Å². The minimum atomic E-state index is -0.314. The topological polar surface area (TPSA) is 87.6 Å². The quantitative estimate of drug-likeness (QED) is 0.828. The van der Waals surface area contributed by atoms with Crippen molar-refractivity contribution in [1.82, 2.24) is 24.6 Å². The molecule has 4 rings (SSSR count). The Kier molecular flexibility index (Phi) is 4.63. The maximum absolute atomic E-state index is 12.9. The first kappa shape index (κ1) is 16.8. The van der Waals surface area contributed by atoms with Crippen molar-refractivity contribution in [2.45, 2.75) is 23.4 Å². The molecule has 0 saturated carbocycles. The van der Waals surface area contributed by atoms with E-state index in [1.54, 1.807) is 13.2 Å². The summed E-state index contributed by atoms with van der Waals surface area (Å²) in [5.74, 6) is 1.37. The van der Waals surface area contributed by atoms with E-state index in [0.29, 0.717) is 17.5 Å². The number of hydrogen-bond acceptors (Lipinski definition) is 8. The number of carbonyl (C=O) groups excluding carboxylic acids is 1. The third-order valence-electron chi connectivity index (χ3n) is 4.71. The number of carbonyl (C=O) groups is 1. The van der Waals surface area contributed by atoms with Gasteiger partial charge in [0, 0.05) is 32.7 Å². The average molecular weight is 363 g/mol. The number of aliphatic hydroxyl groups excluding tert-OH is 1. The Labute approximate surface area is 149 Å². The molecule has 2 aromatic heterocycles. The first-order chi connectivity index (χ1) is 12.2. The Morgan fingerprint density at radius 2 is 2.20 bits per heavy atom. The van der Waals surface area contributed by atoms with Crippen LogP contribution in [-0.4, -0.2) is 80.2 Å². The molecule has 2 aliphatic rings. The van der Waals surface area contributed by atoms with Crippen LogP contribution in [0, 0.1) is 6.92 Å². The maximum Gasteiger partial charge on any atom is 0.265 e. The van der Waals surface area contributed by atoms with Gasteiger partial charge in [0.1, 0.15) is 16.8 Å². The number of nitrogens with zero attached hydrogens (tertiary/aromatic N) is 5. The van der Waals surface area contributed by atoms with Crippen LogP contribution >= 0.6 is 11.8 Å². The van der Waals surface area contributed by atoms with E-state index in [2.05, 4.69) is 19.9 Å². The van der Waals surface area contributed by atoms with Crippen molar-refractivity contribution >= 4 is 17.7 Å². The third-order valence-corrected chi connectivity index (χ3v) is 5.89. The summed E-state index contributed by atoms with van der Waals surface area (Å²) in [6.45, 7) is 6.03. The second-order valence-corrected chi connectivity index (χ2v) is 7.40. The predicted molar refractivity (Wildman–Crippen MR) is 91.6 cm³/mol. The number of rotatable bonds is 5. The van der Waals surface area contributed by atoms with Crippen LogP contribution in [0.5, 0.6) is 0 Å². The number of aromatic nitrogens is 3. The molecule has 0 radical (unpaired) electrons. The summed E-state index contributed by atoms with van der Waals surface area (Å²) in [5.41, 5.74) is 0. The van der Waals surface area contributed by atoms with Crippen molar-refractivity contribution in [1.29, 1.82) is 0 Å². The van der Waals surface area contributed by atoms with Crippen LogP contribution in [0.2, 0.25) is 0 Å². The molecule has 0 amide bonds. The summed E-state index contributed by atoms with van der Waals surface area (Å²) >= 11 is 1.46. The van der Waals surface area contributed by atoms with Crippen LogP contribution < -0.4 is 0 Å². The lowest BCUT2D eigenvalue weighted by Crippen LogP contribution is -2.50. The van der Waals surface area contributed by atoms with Crippen molar-refractivity contribution in [2.75, 3.05) is 39.3 Å². The van der Waals surface area contributed by atoms with Crippen molar-refractivity contribution in [3.63, 3.8) is 0 Å². The zero-order valence-corrected chi connectivity index (χ0v) is 14.9. The zero-order chi connectivity index (χ0) is 17.4. The van der Waals surface area contributed by atoms with Gasteiger partial charge in [-0.05, 0) is 19.1 Å². The van der Waals surface area contributed by atoms with Crippen LogP contribution in [0.15, 0.2) is 28.0 Å². The van der Waals surface area contributed by atoms with Gasteiger partial charge in [0.25, 0.3) is 5.91 Å². The summed E-state index contributed by atoms with van der Waals surface area (Å²) < 4.78 is 7.09. The van der Waals surface area contributed by atoms with Gasteiger partial charge in [-0.25, -0.2) is 4.98 Å². The zero-order valence-electron chi connectivity index (χ0n) is 14.0. The fourth-order valence-corrected chi connectivity index (χ4v) is 4.76. The number of aryl methyl sites for hydroxylation is 1. The fourth-order valence-electron chi connectivity index (χ4n) is 3.49. The minimum Gasteiger partial charge on any atom is -0.468 e. The molecule has 1 saturated heterocycles. The molecule has 1 N–H and O–H groups in total. The second kappa shape index (κ2) is 6.91. The Bertz CT molecular complexity index is 739. The van der Waals surface area contributed by atoms with Gasteiger partial charge in [-0.15, -0.1) is 5.10 Å². The normalized spacial score (nSPS) is 23.1. The lowest BCUT2D eigenvalue weighted by molar-refractivity contribution is 0.0638. The van der Waals surface area contributed by atoms with Gasteiger partial charge in [0.05, 0.1) is 18.9 Å². The van der Waals surface area contributed by atoms with Crippen LogP contribution in [0.4, 0.5) is 0 Å². The molecule has 8 nitrogen and oxygen atoms in total. The van der Waals surface area contributed by atoms with Gasteiger partial charge in [-0.3, -0.25) is 14.6 Å². The first-order valence-corrected chi connectivity index (χ1v) is 9.30. The number of fused-ring (bicyclic) bond motifs is 1. The first-order valence-electron chi connectivity index (χ1n) is 8.42. The molecule has 0 aromatic carbocycles. The highest BCUT2D eigenvalue weighted by molar-refractivity contribution is 8.00. The van der Waals surface area contributed by atoms with Gasteiger partial charge in [0.15, 0.2) is 5.16 Å². The summed E-state index contributed by atoms with van der Waals surface area (Å²) in [5, 5.41) is 13.7. The van der Waals surface area contributed by atoms with Gasteiger partial charge >= 0.3 is 0 Å². The fraction of sp³-hybridized carbons (Fsp3) is 0.562. The molecule has 1 fully saturated rings. The summed E-state index contributed by atoms with van der Waals surface area (Å²) in [6, 6.07) is 3.64. The van der Waals surface area contributed by atoms with E-state index >= 15 is 0 Å². The molecule has 2 atom stereocenters. The summed E-state index contributed by atoms with van der Waals surface area (Å²) in [6.07, 6.45) is 1.65. The monoisotopic (exact) mass is 363 g/mol. The largest absolute Gasteiger partial charge is 0.468 e. The van der Waals surface area contributed by atoms with Crippen molar-refractivity contribution in [2.24, 2.45) is 0 Å². The molecular weight excluding hydrogens is 342 g/mol. The van der Waals surface area contributed by atoms with E-state index in [1.165, 1.54) is 16.4 Å². The Morgan fingerprint density at radius 3 is 2.84 bits per heavy atom. The van der Waals surface area contributed by atoms with Gasteiger partial charge in [0.2, 0.25) is 0 Å². The van der Waals surface area contributed by atoms with Crippen LogP contribution in [-0.2, 0) is 0 Å². The minimum absolute atomic E-state index is 0.0419. The molecule has 4 heterocycles. The molecule has 0 aliphatic carbocycles. The standard InChI is InChI=1S/C16H21N5O3S/c1-11-17-16-21(18-11)15(23)14(25-16)13(12-3-2-10-24-12)20-6-4-19(5-7-20)8-9-22/h2-3,10,13-14,22H,4-9H2,1H3. The van der Waals surface area contributed by atoms with E-state index in [1.807, 2.05) is 12.1 Å². The molecule has 0 spiro atoms. The van der Waals surface area contributed by atoms with Crippen molar-refractivity contribution in [3.05, 3.63) is 30.0 Å². The van der Waals surface area contributed by atoms with Crippen LogP contribution in [0.1, 0.15) is 22.4 Å². The smallest absolute Gasteiger partial charge is 0.265 e. The number of β-amino-alcohol motifs (C(OH)–C–C–N with tert-alkyl or cyclic N) is 1. The van der Waals surface area contributed by atoms with Crippen molar-refractivity contribution < 1.29 is 14.3 Å². The molecular formula is C16H21N5O3S. The van der Waals surface area contributed by atoms with Crippen molar-refractivity contribution in [3.8, 4) is 0 Å². The Balaban J connectivity index is 1.56. The highest BCUT2D eigenvalue weighted by Gasteiger charge is 2.44. The Hall–Kier alpha value is -1.68. The maximum atomic E-state index is 12.9. The molecule has 9 heteroatoms.